The van der Waals surface area contributed by atoms with Gasteiger partial charge in [-0.25, -0.2) is 0 Å². The van der Waals surface area contributed by atoms with Gasteiger partial charge in [-0.05, 0) is 65.6 Å². The first-order valence-electron chi connectivity index (χ1n) is 10.3. The van der Waals surface area contributed by atoms with Crippen LogP contribution in [0.1, 0.15) is 63.1 Å². The molecule has 0 atom stereocenters. The molecule has 2 rings (SSSR count). The maximum absolute atomic E-state index is 12.2. The maximum Gasteiger partial charge on any atom is 0.300 e. The van der Waals surface area contributed by atoms with Crippen LogP contribution in [0.15, 0.2) is 54.6 Å². The van der Waals surface area contributed by atoms with Crippen molar-refractivity contribution >= 4 is 23.2 Å². The van der Waals surface area contributed by atoms with Gasteiger partial charge in [0.2, 0.25) is 5.91 Å². The van der Waals surface area contributed by atoms with E-state index < -0.39 is 0 Å². The molecule has 2 N–H and O–H groups in total. The molecule has 0 bridgehead atoms. The van der Waals surface area contributed by atoms with Crippen LogP contribution in [0.4, 0.5) is 11.4 Å². The molecule has 4 nitrogen and oxygen atoms in total. The van der Waals surface area contributed by atoms with Gasteiger partial charge in [-0.3, -0.25) is 9.59 Å². The molecule has 0 saturated heterocycles. The van der Waals surface area contributed by atoms with Gasteiger partial charge in [0.05, 0.1) is 0 Å². The Hall–Kier alpha value is -3.32. The second-order valence-electron chi connectivity index (χ2n) is 7.77. The summed E-state index contributed by atoms with van der Waals surface area (Å²) in [6.45, 7) is 10.3. The quantitative estimate of drug-likeness (QED) is 0.486. The van der Waals surface area contributed by atoms with Crippen molar-refractivity contribution in [2.45, 2.75) is 52.9 Å². The minimum atomic E-state index is -0.355. The largest absolute Gasteiger partial charge is 0.322 e. The monoisotopic (exact) mass is 402 g/mol. The van der Waals surface area contributed by atoms with E-state index in [1.165, 1.54) is 11.6 Å². The van der Waals surface area contributed by atoms with Crippen molar-refractivity contribution in [3.05, 3.63) is 71.3 Å². The van der Waals surface area contributed by atoms with E-state index in [4.69, 9.17) is 0 Å². The molecule has 0 aliphatic heterocycles. The van der Waals surface area contributed by atoms with Gasteiger partial charge in [0, 0.05) is 17.8 Å². The van der Waals surface area contributed by atoms with Crippen LogP contribution < -0.4 is 10.6 Å². The van der Waals surface area contributed by atoms with E-state index in [-0.39, 0.29) is 11.8 Å². The summed E-state index contributed by atoms with van der Waals surface area (Å²) in [5.41, 5.74) is 4.70. The highest BCUT2D eigenvalue weighted by atomic mass is 16.2. The summed E-state index contributed by atoms with van der Waals surface area (Å²) in [6.07, 6.45) is 3.53. The molecule has 0 fully saturated rings. The van der Waals surface area contributed by atoms with Gasteiger partial charge >= 0.3 is 0 Å². The van der Waals surface area contributed by atoms with Gasteiger partial charge in [-0.1, -0.05) is 64.0 Å². The third kappa shape index (κ3) is 6.93. The Bertz CT molecular complexity index is 974. The Labute approximate surface area is 179 Å². The summed E-state index contributed by atoms with van der Waals surface area (Å²) >= 11 is 0. The summed E-state index contributed by atoms with van der Waals surface area (Å²) in [5, 5.41) is 5.67. The molecule has 30 heavy (non-hydrogen) atoms. The molecule has 0 aliphatic rings. The number of amides is 2. The minimum Gasteiger partial charge on any atom is -0.322 e. The van der Waals surface area contributed by atoms with Crippen LogP contribution in [-0.4, -0.2) is 11.8 Å². The van der Waals surface area contributed by atoms with E-state index in [2.05, 4.69) is 50.2 Å². The fraction of sp³-hybridized carbons (Fsp3) is 0.308. The number of anilines is 2. The molecule has 4 heteroatoms. The number of benzene rings is 2. The topological polar surface area (TPSA) is 58.2 Å². The highest BCUT2D eigenvalue weighted by Gasteiger charge is 2.08. The summed E-state index contributed by atoms with van der Waals surface area (Å²) in [7, 11) is 0. The van der Waals surface area contributed by atoms with Crippen molar-refractivity contribution in [1.82, 2.24) is 0 Å². The number of carbonyl (C=O) groups excluding carboxylic acids is 2. The lowest BCUT2D eigenvalue weighted by molar-refractivity contribution is -0.112. The third-order valence-corrected chi connectivity index (χ3v) is 4.69. The van der Waals surface area contributed by atoms with Gasteiger partial charge in [-0.2, -0.15) is 0 Å². The van der Waals surface area contributed by atoms with Gasteiger partial charge in [0.25, 0.3) is 5.91 Å². The van der Waals surface area contributed by atoms with E-state index in [1.54, 1.807) is 13.0 Å². The summed E-state index contributed by atoms with van der Waals surface area (Å²) in [4.78, 5) is 24.1. The number of allylic oxidation sites excluding steroid dienone is 1. The molecule has 0 spiro atoms. The number of carbonyl (C=O) groups is 2. The Kier molecular flexibility index (Phi) is 8.43. The SMILES string of the molecule is C/C=C/C(=O)Nc1ccc(C(C)C)cc1CC#CC(=O)Nc1ccc(C(C)C)cc1. The first-order valence-corrected chi connectivity index (χ1v) is 10.3. The van der Waals surface area contributed by atoms with E-state index in [1.807, 2.05) is 42.5 Å². The van der Waals surface area contributed by atoms with Crippen molar-refractivity contribution in [3.8, 4) is 11.8 Å². The highest BCUT2D eigenvalue weighted by molar-refractivity contribution is 6.04. The average Bonchev–Trinajstić information content (AvgIpc) is 2.69. The Balaban J connectivity index is 2.11. The molecule has 156 valence electrons. The number of rotatable bonds is 6. The van der Waals surface area contributed by atoms with Gasteiger partial charge in [0.15, 0.2) is 0 Å². The average molecular weight is 403 g/mol. The van der Waals surface area contributed by atoms with Crippen molar-refractivity contribution < 1.29 is 9.59 Å². The maximum atomic E-state index is 12.2. The third-order valence-electron chi connectivity index (χ3n) is 4.69. The molecule has 0 aliphatic carbocycles. The van der Waals surface area contributed by atoms with Crippen LogP contribution in [0.3, 0.4) is 0 Å². The molecule has 0 saturated carbocycles. The Morgan fingerprint density at radius 3 is 2.17 bits per heavy atom. The molecule has 2 aromatic rings. The highest BCUT2D eigenvalue weighted by Crippen LogP contribution is 2.23. The lowest BCUT2D eigenvalue weighted by Crippen LogP contribution is -2.10. The lowest BCUT2D eigenvalue weighted by Gasteiger charge is -2.12. The molecule has 0 unspecified atom stereocenters. The molecular formula is C26H30N2O2. The summed E-state index contributed by atoms with van der Waals surface area (Å²) < 4.78 is 0. The van der Waals surface area contributed by atoms with E-state index >= 15 is 0 Å². The lowest BCUT2D eigenvalue weighted by atomic mass is 9.98. The number of hydrogen-bond acceptors (Lipinski definition) is 2. The molecule has 2 amide bonds. The van der Waals surface area contributed by atoms with Crippen molar-refractivity contribution in [1.29, 1.82) is 0 Å². The van der Waals surface area contributed by atoms with E-state index in [0.717, 1.165) is 16.8 Å². The molecule has 0 heterocycles. The normalized spacial score (nSPS) is 10.8. The van der Waals surface area contributed by atoms with Gasteiger partial charge < -0.3 is 10.6 Å². The smallest absolute Gasteiger partial charge is 0.300 e. The van der Waals surface area contributed by atoms with E-state index in [0.29, 0.717) is 23.9 Å². The first kappa shape index (κ1) is 23.0. The standard InChI is InChI=1S/C26H30N2O2/c1-6-8-25(29)28-24-16-13-21(19(4)5)17-22(24)9-7-10-26(30)27-23-14-11-20(12-15-23)18(2)3/h6,8,11-19H,9H2,1-5H3,(H,27,30)(H,28,29)/b8-6+. The predicted octanol–water partition coefficient (Wildman–Crippen LogP) is 5.63. The molecule has 0 radical (unpaired) electrons. The molecule has 2 aromatic carbocycles. The van der Waals surface area contributed by atoms with Crippen LogP contribution in [0.25, 0.3) is 0 Å². The second kappa shape index (κ2) is 11.0. The molecule has 0 aromatic heterocycles. The van der Waals surface area contributed by atoms with Crippen LogP contribution in [0.2, 0.25) is 0 Å². The number of hydrogen-bond donors (Lipinski definition) is 2. The first-order chi connectivity index (χ1) is 14.3. The fourth-order valence-corrected chi connectivity index (χ4v) is 2.90. The summed E-state index contributed by atoms with van der Waals surface area (Å²) in [6, 6.07) is 13.7. The minimum absolute atomic E-state index is 0.188. The van der Waals surface area contributed by atoms with Crippen LogP contribution in [0, 0.1) is 11.8 Å². The van der Waals surface area contributed by atoms with Crippen molar-refractivity contribution in [2.75, 3.05) is 10.6 Å². The Morgan fingerprint density at radius 2 is 1.57 bits per heavy atom. The van der Waals surface area contributed by atoms with Crippen LogP contribution >= 0.6 is 0 Å². The predicted molar refractivity (Wildman–Crippen MR) is 125 cm³/mol. The van der Waals surface area contributed by atoms with Gasteiger partial charge in [0.1, 0.15) is 0 Å². The zero-order valence-corrected chi connectivity index (χ0v) is 18.4. The van der Waals surface area contributed by atoms with Gasteiger partial charge in [-0.15, -0.1) is 0 Å². The van der Waals surface area contributed by atoms with Crippen molar-refractivity contribution in [2.24, 2.45) is 0 Å². The van der Waals surface area contributed by atoms with Crippen molar-refractivity contribution in [3.63, 3.8) is 0 Å². The van der Waals surface area contributed by atoms with Crippen LogP contribution in [0.5, 0.6) is 0 Å². The zero-order valence-electron chi connectivity index (χ0n) is 18.4. The second-order valence-corrected chi connectivity index (χ2v) is 7.77. The van der Waals surface area contributed by atoms with Crippen LogP contribution in [-0.2, 0) is 16.0 Å². The Morgan fingerprint density at radius 1 is 0.933 bits per heavy atom. The zero-order chi connectivity index (χ0) is 22.1. The molecular weight excluding hydrogens is 372 g/mol. The fourth-order valence-electron chi connectivity index (χ4n) is 2.90. The summed E-state index contributed by atoms with van der Waals surface area (Å²) in [5.74, 6) is 5.83. The number of nitrogens with one attached hydrogen (secondary N) is 2. The van der Waals surface area contributed by atoms with E-state index in [9.17, 15) is 9.59 Å².